The van der Waals surface area contributed by atoms with E-state index in [-0.39, 0.29) is 12.4 Å². The van der Waals surface area contributed by atoms with Gasteiger partial charge in [-0.2, -0.15) is 13.2 Å². The maximum atomic E-state index is 13.1. The van der Waals surface area contributed by atoms with Gasteiger partial charge in [0, 0.05) is 19.8 Å². The van der Waals surface area contributed by atoms with Crippen LogP contribution in [0.3, 0.4) is 0 Å². The molecule has 0 aliphatic rings. The molecule has 0 saturated heterocycles. The Morgan fingerprint density at radius 1 is 1.14 bits per heavy atom. The third kappa shape index (κ3) is 6.77. The summed E-state index contributed by atoms with van der Waals surface area (Å²) in [6.45, 7) is 4.69. The first kappa shape index (κ1) is 17.7. The summed E-state index contributed by atoms with van der Waals surface area (Å²) in [5, 5.41) is 3.07. The van der Waals surface area contributed by atoms with Gasteiger partial charge in [-0.25, -0.2) is 4.39 Å². The van der Waals surface area contributed by atoms with Gasteiger partial charge >= 0.3 is 6.18 Å². The van der Waals surface area contributed by atoms with Crippen molar-refractivity contribution in [3.63, 3.8) is 0 Å². The van der Waals surface area contributed by atoms with E-state index in [1.54, 1.807) is 0 Å². The van der Waals surface area contributed by atoms with Crippen LogP contribution in [-0.4, -0.2) is 32.9 Å². The van der Waals surface area contributed by atoms with E-state index < -0.39 is 17.6 Å². The molecule has 120 valence electrons. The van der Waals surface area contributed by atoms with Gasteiger partial charge in [-0.3, -0.25) is 0 Å². The van der Waals surface area contributed by atoms with Crippen LogP contribution in [0.2, 0.25) is 0 Å². The van der Waals surface area contributed by atoms with Crippen LogP contribution in [0.15, 0.2) is 18.2 Å². The molecule has 0 radical (unpaired) electrons. The maximum Gasteiger partial charge on any atom is 0.419 e. The fourth-order valence-electron chi connectivity index (χ4n) is 1.62. The molecule has 1 aromatic rings. The first-order chi connectivity index (χ1) is 9.95. The quantitative estimate of drug-likeness (QED) is 0.561. The monoisotopic (exact) mass is 309 g/mol. The lowest BCUT2D eigenvalue weighted by molar-refractivity contribution is -0.140. The molecule has 0 heterocycles. The SMILES string of the molecule is CCOCCCNCCOc1ccc(F)c(C(F)(F)F)c1. The second-order valence-corrected chi connectivity index (χ2v) is 4.29. The van der Waals surface area contributed by atoms with E-state index in [2.05, 4.69) is 5.32 Å². The summed E-state index contributed by atoms with van der Waals surface area (Å²) in [6, 6.07) is 2.61. The predicted octanol–water partition coefficient (Wildman–Crippen LogP) is 3.24. The molecule has 3 nitrogen and oxygen atoms in total. The number of alkyl halides is 3. The van der Waals surface area contributed by atoms with E-state index in [0.29, 0.717) is 25.8 Å². The van der Waals surface area contributed by atoms with Crippen molar-refractivity contribution in [1.29, 1.82) is 0 Å². The smallest absolute Gasteiger partial charge is 0.419 e. The number of ether oxygens (including phenoxy) is 2. The molecular weight excluding hydrogens is 290 g/mol. The standard InChI is InChI=1S/C14H19F4NO2/c1-2-20-8-3-6-19-7-9-21-11-4-5-13(15)12(10-11)14(16,17)18/h4-5,10,19H,2-3,6-9H2,1H3. The van der Waals surface area contributed by atoms with E-state index in [0.717, 1.165) is 19.0 Å². The van der Waals surface area contributed by atoms with E-state index in [4.69, 9.17) is 9.47 Å². The highest BCUT2D eigenvalue weighted by molar-refractivity contribution is 5.31. The van der Waals surface area contributed by atoms with Gasteiger partial charge < -0.3 is 14.8 Å². The Hall–Kier alpha value is -1.34. The van der Waals surface area contributed by atoms with E-state index in [1.165, 1.54) is 6.07 Å². The van der Waals surface area contributed by atoms with Crippen molar-refractivity contribution in [1.82, 2.24) is 5.32 Å². The number of rotatable bonds is 9. The van der Waals surface area contributed by atoms with Gasteiger partial charge in [0.25, 0.3) is 0 Å². The van der Waals surface area contributed by atoms with Crippen molar-refractivity contribution < 1.29 is 27.0 Å². The van der Waals surface area contributed by atoms with Crippen LogP contribution < -0.4 is 10.1 Å². The minimum atomic E-state index is -4.72. The number of halogens is 4. The summed E-state index contributed by atoms with van der Waals surface area (Å²) in [5.41, 5.74) is -1.32. The molecule has 0 unspecified atom stereocenters. The summed E-state index contributed by atoms with van der Waals surface area (Å²) in [4.78, 5) is 0. The molecule has 0 saturated carbocycles. The highest BCUT2D eigenvalue weighted by atomic mass is 19.4. The van der Waals surface area contributed by atoms with Crippen LogP contribution in [0.25, 0.3) is 0 Å². The Bertz CT molecular complexity index is 424. The molecule has 0 bridgehead atoms. The lowest BCUT2D eigenvalue weighted by Crippen LogP contribution is -2.23. The molecule has 0 amide bonds. The summed E-state index contributed by atoms with van der Waals surface area (Å²) in [7, 11) is 0. The van der Waals surface area contributed by atoms with Crippen molar-refractivity contribution in [2.45, 2.75) is 19.5 Å². The summed E-state index contributed by atoms with van der Waals surface area (Å²) in [6.07, 6.45) is -3.87. The number of benzene rings is 1. The summed E-state index contributed by atoms with van der Waals surface area (Å²) >= 11 is 0. The molecule has 0 fully saturated rings. The molecule has 1 aromatic carbocycles. The van der Waals surface area contributed by atoms with Gasteiger partial charge in [-0.15, -0.1) is 0 Å². The Morgan fingerprint density at radius 3 is 2.57 bits per heavy atom. The van der Waals surface area contributed by atoms with Gasteiger partial charge in [0.15, 0.2) is 0 Å². The summed E-state index contributed by atoms with van der Waals surface area (Å²) in [5.74, 6) is -1.30. The average Bonchev–Trinajstić information content (AvgIpc) is 2.42. The minimum Gasteiger partial charge on any atom is -0.492 e. The number of nitrogens with one attached hydrogen (secondary N) is 1. The molecular formula is C14H19F4NO2. The first-order valence-electron chi connectivity index (χ1n) is 6.73. The first-order valence-corrected chi connectivity index (χ1v) is 6.73. The van der Waals surface area contributed by atoms with Gasteiger partial charge in [0.2, 0.25) is 0 Å². The van der Waals surface area contributed by atoms with Crippen molar-refractivity contribution >= 4 is 0 Å². The second-order valence-electron chi connectivity index (χ2n) is 4.29. The Morgan fingerprint density at radius 2 is 1.90 bits per heavy atom. The zero-order valence-corrected chi connectivity index (χ0v) is 11.8. The van der Waals surface area contributed by atoms with Gasteiger partial charge in [-0.05, 0) is 38.1 Å². The second kappa shape index (κ2) is 8.84. The predicted molar refractivity (Wildman–Crippen MR) is 70.9 cm³/mol. The zero-order chi connectivity index (χ0) is 15.7. The van der Waals surface area contributed by atoms with Crippen LogP contribution in [-0.2, 0) is 10.9 Å². The van der Waals surface area contributed by atoms with Crippen LogP contribution in [0.1, 0.15) is 18.9 Å². The molecule has 0 aliphatic carbocycles. The maximum absolute atomic E-state index is 13.1. The molecule has 21 heavy (non-hydrogen) atoms. The molecule has 0 atom stereocenters. The fourth-order valence-corrected chi connectivity index (χ4v) is 1.62. The van der Waals surface area contributed by atoms with Gasteiger partial charge in [0.1, 0.15) is 18.2 Å². The highest BCUT2D eigenvalue weighted by Gasteiger charge is 2.34. The van der Waals surface area contributed by atoms with E-state index in [1.807, 2.05) is 6.92 Å². The topological polar surface area (TPSA) is 30.5 Å². The lowest BCUT2D eigenvalue weighted by Gasteiger charge is -2.11. The van der Waals surface area contributed by atoms with Crippen molar-refractivity contribution in [2.24, 2.45) is 0 Å². The third-order valence-electron chi connectivity index (χ3n) is 2.64. The Balaban J connectivity index is 2.30. The van der Waals surface area contributed by atoms with Gasteiger partial charge in [0.05, 0.1) is 5.56 Å². The number of hydrogen-bond donors (Lipinski definition) is 1. The van der Waals surface area contributed by atoms with E-state index >= 15 is 0 Å². The van der Waals surface area contributed by atoms with Gasteiger partial charge in [-0.1, -0.05) is 0 Å². The average molecular weight is 309 g/mol. The minimum absolute atomic E-state index is 0.000147. The van der Waals surface area contributed by atoms with Crippen LogP contribution in [0.4, 0.5) is 17.6 Å². The molecule has 7 heteroatoms. The molecule has 1 rings (SSSR count). The molecule has 0 aromatic heterocycles. The van der Waals surface area contributed by atoms with Crippen molar-refractivity contribution in [2.75, 3.05) is 32.9 Å². The van der Waals surface area contributed by atoms with E-state index in [9.17, 15) is 17.6 Å². The fraction of sp³-hybridized carbons (Fsp3) is 0.571. The van der Waals surface area contributed by atoms with Crippen LogP contribution in [0.5, 0.6) is 5.75 Å². The normalized spacial score (nSPS) is 11.7. The highest BCUT2D eigenvalue weighted by Crippen LogP contribution is 2.33. The third-order valence-corrected chi connectivity index (χ3v) is 2.64. The molecule has 0 aliphatic heterocycles. The van der Waals surface area contributed by atoms with Crippen LogP contribution >= 0.6 is 0 Å². The molecule has 0 spiro atoms. The van der Waals surface area contributed by atoms with Crippen molar-refractivity contribution in [3.8, 4) is 5.75 Å². The van der Waals surface area contributed by atoms with Crippen LogP contribution in [0, 0.1) is 5.82 Å². The summed E-state index contributed by atoms with van der Waals surface area (Å²) < 4.78 is 60.9. The molecule has 1 N–H and O–H groups in total. The number of hydrogen-bond acceptors (Lipinski definition) is 3. The zero-order valence-electron chi connectivity index (χ0n) is 11.8. The lowest BCUT2D eigenvalue weighted by atomic mass is 10.2. The Labute approximate surface area is 121 Å². The largest absolute Gasteiger partial charge is 0.492 e. The Kier molecular flexibility index (Phi) is 7.45. The van der Waals surface area contributed by atoms with Crippen molar-refractivity contribution in [3.05, 3.63) is 29.6 Å².